The summed E-state index contributed by atoms with van der Waals surface area (Å²) in [6.07, 6.45) is -0.321. The summed E-state index contributed by atoms with van der Waals surface area (Å²) in [4.78, 5) is 2.23. The van der Waals surface area contributed by atoms with Crippen LogP contribution in [0.2, 0.25) is 0 Å². The highest BCUT2D eigenvalue weighted by molar-refractivity contribution is 9.10. The lowest BCUT2D eigenvalue weighted by atomic mass is 10.1. The zero-order valence-electron chi connectivity index (χ0n) is 12.1. The van der Waals surface area contributed by atoms with Gasteiger partial charge in [0, 0.05) is 23.6 Å². The topological polar surface area (TPSA) is 35.5 Å². The van der Waals surface area contributed by atoms with Gasteiger partial charge in [-0.1, -0.05) is 41.9 Å². The molecule has 0 amide bonds. The molecule has 0 spiro atoms. The van der Waals surface area contributed by atoms with Crippen LogP contribution in [0, 0.1) is 0 Å². The number of halogens is 1. The largest absolute Gasteiger partial charge is 0.390 e. The molecule has 1 aromatic rings. The molecular weight excluding hydrogens is 304 g/mol. The van der Waals surface area contributed by atoms with Crippen LogP contribution in [-0.2, 0) is 0 Å². The Hall–Kier alpha value is -0.420. The van der Waals surface area contributed by atoms with E-state index in [0.29, 0.717) is 6.54 Å². The maximum absolute atomic E-state index is 10.0. The van der Waals surface area contributed by atoms with Gasteiger partial charge in [-0.05, 0) is 37.7 Å². The Labute approximate surface area is 125 Å². The molecule has 0 aliphatic carbocycles. The van der Waals surface area contributed by atoms with Gasteiger partial charge < -0.3 is 15.3 Å². The van der Waals surface area contributed by atoms with Crippen molar-refractivity contribution in [2.45, 2.75) is 32.9 Å². The number of nitrogens with one attached hydrogen (secondary N) is 1. The van der Waals surface area contributed by atoms with Gasteiger partial charge in [0.15, 0.2) is 0 Å². The number of hydrogen-bond donors (Lipinski definition) is 2. The number of benzene rings is 1. The van der Waals surface area contributed by atoms with Gasteiger partial charge in [0.05, 0.1) is 6.10 Å². The van der Waals surface area contributed by atoms with Gasteiger partial charge in [-0.25, -0.2) is 0 Å². The Kier molecular flexibility index (Phi) is 7.61. The Morgan fingerprint density at radius 1 is 1.21 bits per heavy atom. The SMILES string of the molecule is CCN(CC)CC(O)CN[C@@H](C)c1ccc(Br)cc1. The minimum atomic E-state index is -0.321. The highest BCUT2D eigenvalue weighted by Gasteiger charge is 2.11. The number of aliphatic hydroxyl groups is 1. The van der Waals surface area contributed by atoms with Crippen molar-refractivity contribution in [2.24, 2.45) is 0 Å². The van der Waals surface area contributed by atoms with E-state index in [1.54, 1.807) is 0 Å². The molecule has 2 N–H and O–H groups in total. The molecule has 0 aliphatic heterocycles. The fraction of sp³-hybridized carbons (Fsp3) is 0.600. The molecule has 1 aromatic carbocycles. The molecule has 0 bridgehead atoms. The summed E-state index contributed by atoms with van der Waals surface area (Å²) in [6.45, 7) is 9.67. The van der Waals surface area contributed by atoms with Crippen LogP contribution in [0.5, 0.6) is 0 Å². The Morgan fingerprint density at radius 3 is 2.32 bits per heavy atom. The molecule has 2 atom stereocenters. The highest BCUT2D eigenvalue weighted by atomic mass is 79.9. The van der Waals surface area contributed by atoms with Crippen molar-refractivity contribution in [2.75, 3.05) is 26.2 Å². The van der Waals surface area contributed by atoms with E-state index in [4.69, 9.17) is 0 Å². The number of likely N-dealkylation sites (N-methyl/N-ethyl adjacent to an activating group) is 1. The van der Waals surface area contributed by atoms with Crippen LogP contribution in [0.15, 0.2) is 28.7 Å². The van der Waals surface area contributed by atoms with Crippen molar-refractivity contribution in [3.8, 4) is 0 Å². The molecule has 3 nitrogen and oxygen atoms in total. The Balaban J connectivity index is 2.37. The fourth-order valence-electron chi connectivity index (χ4n) is 2.03. The maximum Gasteiger partial charge on any atom is 0.0791 e. The molecule has 0 saturated heterocycles. The minimum Gasteiger partial charge on any atom is -0.390 e. The lowest BCUT2D eigenvalue weighted by Gasteiger charge is -2.23. The van der Waals surface area contributed by atoms with Crippen molar-refractivity contribution in [1.29, 1.82) is 0 Å². The zero-order chi connectivity index (χ0) is 14.3. The van der Waals surface area contributed by atoms with Crippen LogP contribution in [0.1, 0.15) is 32.4 Å². The van der Waals surface area contributed by atoms with Gasteiger partial charge >= 0.3 is 0 Å². The predicted molar refractivity (Wildman–Crippen MR) is 84.4 cm³/mol. The molecule has 0 saturated carbocycles. The number of aliphatic hydroxyl groups excluding tert-OH is 1. The molecule has 19 heavy (non-hydrogen) atoms. The first-order valence-corrected chi connectivity index (χ1v) is 7.75. The van der Waals surface area contributed by atoms with Crippen molar-refractivity contribution >= 4 is 15.9 Å². The molecule has 108 valence electrons. The number of hydrogen-bond acceptors (Lipinski definition) is 3. The first-order chi connectivity index (χ1) is 9.06. The van der Waals surface area contributed by atoms with Crippen molar-refractivity contribution in [3.63, 3.8) is 0 Å². The summed E-state index contributed by atoms with van der Waals surface area (Å²) in [6, 6.07) is 8.52. The third kappa shape index (κ3) is 6.04. The van der Waals surface area contributed by atoms with E-state index in [0.717, 1.165) is 24.1 Å². The van der Waals surface area contributed by atoms with E-state index in [-0.39, 0.29) is 12.1 Å². The predicted octanol–water partition coefficient (Wildman–Crippen LogP) is 2.80. The number of rotatable bonds is 8. The average Bonchev–Trinajstić information content (AvgIpc) is 2.43. The van der Waals surface area contributed by atoms with Crippen LogP contribution in [0.25, 0.3) is 0 Å². The molecule has 0 fully saturated rings. The van der Waals surface area contributed by atoms with Crippen molar-refractivity contribution < 1.29 is 5.11 Å². The standard InChI is InChI=1S/C15H25BrN2O/c1-4-18(5-2)11-15(19)10-17-12(3)13-6-8-14(16)9-7-13/h6-9,12,15,17,19H,4-5,10-11H2,1-3H3/t12-,15?/m0/s1. The van der Waals surface area contributed by atoms with E-state index in [1.807, 2.05) is 12.1 Å². The van der Waals surface area contributed by atoms with Gasteiger partial charge in [0.1, 0.15) is 0 Å². The van der Waals surface area contributed by atoms with E-state index in [2.05, 4.69) is 59.1 Å². The van der Waals surface area contributed by atoms with Crippen LogP contribution in [0.4, 0.5) is 0 Å². The first kappa shape index (κ1) is 16.6. The summed E-state index contributed by atoms with van der Waals surface area (Å²) in [7, 11) is 0. The third-order valence-corrected chi connectivity index (χ3v) is 3.92. The van der Waals surface area contributed by atoms with Crippen LogP contribution >= 0.6 is 15.9 Å². The number of nitrogens with zero attached hydrogens (tertiary/aromatic N) is 1. The smallest absolute Gasteiger partial charge is 0.0791 e. The van der Waals surface area contributed by atoms with Gasteiger partial charge in [-0.15, -0.1) is 0 Å². The van der Waals surface area contributed by atoms with E-state index in [9.17, 15) is 5.11 Å². The molecule has 4 heteroatoms. The van der Waals surface area contributed by atoms with Gasteiger partial charge in [0.25, 0.3) is 0 Å². The summed E-state index contributed by atoms with van der Waals surface area (Å²) >= 11 is 3.43. The summed E-state index contributed by atoms with van der Waals surface area (Å²) in [5, 5.41) is 13.4. The van der Waals surface area contributed by atoms with Crippen LogP contribution in [0.3, 0.4) is 0 Å². The van der Waals surface area contributed by atoms with E-state index >= 15 is 0 Å². The van der Waals surface area contributed by atoms with Crippen molar-refractivity contribution in [1.82, 2.24) is 10.2 Å². The second kappa shape index (κ2) is 8.69. The summed E-state index contributed by atoms with van der Waals surface area (Å²) < 4.78 is 1.09. The summed E-state index contributed by atoms with van der Waals surface area (Å²) in [5.41, 5.74) is 1.23. The van der Waals surface area contributed by atoms with Gasteiger partial charge in [-0.3, -0.25) is 0 Å². The van der Waals surface area contributed by atoms with E-state index in [1.165, 1.54) is 5.56 Å². The summed E-state index contributed by atoms with van der Waals surface area (Å²) in [5.74, 6) is 0. The highest BCUT2D eigenvalue weighted by Crippen LogP contribution is 2.16. The normalized spacial score (nSPS) is 14.6. The lowest BCUT2D eigenvalue weighted by Crippen LogP contribution is -2.38. The quantitative estimate of drug-likeness (QED) is 0.770. The monoisotopic (exact) mass is 328 g/mol. The molecule has 0 aromatic heterocycles. The fourth-order valence-corrected chi connectivity index (χ4v) is 2.29. The third-order valence-electron chi connectivity index (χ3n) is 3.39. The second-order valence-corrected chi connectivity index (χ2v) is 5.74. The van der Waals surface area contributed by atoms with Gasteiger partial charge in [0.2, 0.25) is 0 Å². The molecule has 0 heterocycles. The molecule has 0 aliphatic rings. The van der Waals surface area contributed by atoms with Gasteiger partial charge in [-0.2, -0.15) is 0 Å². The van der Waals surface area contributed by atoms with Crippen molar-refractivity contribution in [3.05, 3.63) is 34.3 Å². The lowest BCUT2D eigenvalue weighted by molar-refractivity contribution is 0.114. The first-order valence-electron chi connectivity index (χ1n) is 6.96. The zero-order valence-corrected chi connectivity index (χ0v) is 13.7. The van der Waals surface area contributed by atoms with Crippen LogP contribution < -0.4 is 5.32 Å². The Bertz CT molecular complexity index is 352. The molecular formula is C15H25BrN2O. The molecule has 1 unspecified atom stereocenters. The molecule has 0 radical (unpaired) electrons. The Morgan fingerprint density at radius 2 is 1.79 bits per heavy atom. The average molecular weight is 329 g/mol. The van der Waals surface area contributed by atoms with Crippen LogP contribution in [-0.4, -0.2) is 42.3 Å². The maximum atomic E-state index is 10.0. The van der Waals surface area contributed by atoms with E-state index < -0.39 is 0 Å². The molecule has 1 rings (SSSR count). The second-order valence-electron chi connectivity index (χ2n) is 4.82. The minimum absolute atomic E-state index is 0.249.